The minimum atomic E-state index is -0.792. The fraction of sp³-hybridized carbons (Fsp3) is 0.208. The number of non-ortho nitro benzene ring substituents is 1. The number of carbonyl (C=O) groups excluding carboxylic acids is 1. The van der Waals surface area contributed by atoms with Gasteiger partial charge in [0.1, 0.15) is 10.9 Å². The number of nitro groups is 1. The number of nitrogens with one attached hydrogen (secondary N) is 1. The van der Waals surface area contributed by atoms with Crippen molar-refractivity contribution in [2.75, 3.05) is 5.32 Å². The van der Waals surface area contributed by atoms with Gasteiger partial charge in [0.2, 0.25) is 5.91 Å². The molecule has 0 fully saturated rings. The summed E-state index contributed by atoms with van der Waals surface area (Å²) in [7, 11) is 0. The summed E-state index contributed by atoms with van der Waals surface area (Å²) in [5, 5.41) is 16.1. The van der Waals surface area contributed by atoms with Crippen LogP contribution >= 0.6 is 11.3 Å². The second kappa shape index (κ2) is 8.59. The average molecular weight is 463 g/mol. The van der Waals surface area contributed by atoms with E-state index in [1.54, 1.807) is 24.4 Å². The Bertz CT molecular complexity index is 1430. The summed E-state index contributed by atoms with van der Waals surface area (Å²) in [5.74, 6) is -0.319. The molecule has 0 aliphatic rings. The van der Waals surface area contributed by atoms with E-state index in [9.17, 15) is 19.7 Å². The molecule has 4 rings (SSSR count). The number of carbonyl (C=O) groups is 1. The number of rotatable bonds is 5. The van der Waals surface area contributed by atoms with Crippen molar-refractivity contribution in [1.29, 1.82) is 0 Å². The van der Waals surface area contributed by atoms with Crippen LogP contribution < -0.4 is 10.9 Å². The van der Waals surface area contributed by atoms with Gasteiger partial charge in [0.25, 0.3) is 11.2 Å². The van der Waals surface area contributed by atoms with Crippen LogP contribution in [0.15, 0.2) is 52.9 Å². The van der Waals surface area contributed by atoms with Crippen molar-refractivity contribution < 1.29 is 9.72 Å². The van der Waals surface area contributed by atoms with Crippen LogP contribution in [-0.2, 0) is 4.79 Å². The Morgan fingerprint density at radius 3 is 2.39 bits per heavy atom. The number of nitro benzene ring substituents is 1. The maximum absolute atomic E-state index is 13.4. The predicted octanol–water partition coefficient (Wildman–Crippen LogP) is 5.16. The number of amides is 1. The summed E-state index contributed by atoms with van der Waals surface area (Å²) < 4.78 is 1.32. The lowest BCUT2D eigenvalue weighted by atomic mass is 10.0. The fourth-order valence-corrected chi connectivity index (χ4v) is 4.83. The van der Waals surface area contributed by atoms with Crippen molar-refractivity contribution in [2.24, 2.45) is 0 Å². The first-order valence-corrected chi connectivity index (χ1v) is 11.2. The number of anilines is 1. The van der Waals surface area contributed by atoms with Crippen molar-refractivity contribution in [3.05, 3.63) is 85.3 Å². The summed E-state index contributed by atoms with van der Waals surface area (Å²) in [6.45, 7) is 7.52. The quantitative estimate of drug-likeness (QED) is 0.326. The standard InChI is InChI=1S/C24H22N4O4S/c1-13-9-14(2)21(15(3)10-13)26-22(29)16(4)27-12-25-23-20(24(27)30)19(11-33-23)17-5-7-18(8-6-17)28(31)32/h5-12,16H,1-4H3,(H,26,29). The maximum atomic E-state index is 13.4. The molecule has 168 valence electrons. The van der Waals surface area contributed by atoms with Crippen LogP contribution in [0.2, 0.25) is 0 Å². The van der Waals surface area contributed by atoms with E-state index in [-0.39, 0.29) is 17.2 Å². The van der Waals surface area contributed by atoms with E-state index in [1.807, 2.05) is 32.9 Å². The zero-order chi connectivity index (χ0) is 23.9. The van der Waals surface area contributed by atoms with Crippen molar-refractivity contribution >= 4 is 38.8 Å². The fourth-order valence-electron chi connectivity index (χ4n) is 3.93. The lowest BCUT2D eigenvalue weighted by Gasteiger charge is -2.18. The number of nitrogens with zero attached hydrogens (tertiary/aromatic N) is 3. The Labute approximate surface area is 193 Å². The number of thiophene rings is 1. The monoisotopic (exact) mass is 462 g/mol. The lowest BCUT2D eigenvalue weighted by molar-refractivity contribution is -0.384. The van der Waals surface area contributed by atoms with Gasteiger partial charge >= 0.3 is 0 Å². The molecule has 4 aromatic rings. The van der Waals surface area contributed by atoms with Crippen LogP contribution in [0.25, 0.3) is 21.3 Å². The number of benzene rings is 2. The van der Waals surface area contributed by atoms with E-state index in [4.69, 9.17) is 0 Å². The van der Waals surface area contributed by atoms with E-state index >= 15 is 0 Å². The molecular weight excluding hydrogens is 440 g/mol. The molecule has 0 saturated heterocycles. The van der Waals surface area contributed by atoms with Crippen LogP contribution in [0.3, 0.4) is 0 Å². The Morgan fingerprint density at radius 2 is 1.79 bits per heavy atom. The third-order valence-corrected chi connectivity index (χ3v) is 6.52. The highest BCUT2D eigenvalue weighted by molar-refractivity contribution is 7.17. The number of aryl methyl sites for hydroxylation is 3. The molecule has 0 bridgehead atoms. The molecular formula is C24H22N4O4S. The molecule has 2 aromatic heterocycles. The predicted molar refractivity (Wildman–Crippen MR) is 130 cm³/mol. The number of hydrogen-bond donors (Lipinski definition) is 1. The van der Waals surface area contributed by atoms with Crippen LogP contribution in [0, 0.1) is 30.9 Å². The number of aromatic nitrogens is 2. The maximum Gasteiger partial charge on any atom is 0.269 e. The van der Waals surface area contributed by atoms with Crippen molar-refractivity contribution in [1.82, 2.24) is 9.55 Å². The van der Waals surface area contributed by atoms with Crippen LogP contribution in [0.4, 0.5) is 11.4 Å². The molecule has 0 aliphatic heterocycles. The first kappa shape index (κ1) is 22.3. The van der Waals surface area contributed by atoms with Gasteiger partial charge in [-0.05, 0) is 56.5 Å². The Morgan fingerprint density at radius 1 is 1.15 bits per heavy atom. The second-order valence-corrected chi connectivity index (χ2v) is 8.89. The zero-order valence-electron chi connectivity index (χ0n) is 18.6. The Balaban J connectivity index is 1.71. The van der Waals surface area contributed by atoms with E-state index in [1.165, 1.54) is 34.4 Å². The summed E-state index contributed by atoms with van der Waals surface area (Å²) >= 11 is 1.31. The molecule has 1 N–H and O–H groups in total. The average Bonchev–Trinajstić information content (AvgIpc) is 3.21. The van der Waals surface area contributed by atoms with Gasteiger partial charge in [0.15, 0.2) is 0 Å². The first-order valence-electron chi connectivity index (χ1n) is 10.3. The van der Waals surface area contributed by atoms with E-state index < -0.39 is 11.0 Å². The topological polar surface area (TPSA) is 107 Å². The third-order valence-electron chi connectivity index (χ3n) is 5.63. The van der Waals surface area contributed by atoms with Gasteiger partial charge in [0.05, 0.1) is 16.6 Å². The molecule has 0 saturated carbocycles. The molecule has 2 heterocycles. The summed E-state index contributed by atoms with van der Waals surface area (Å²) in [5.41, 5.74) is 4.69. The van der Waals surface area contributed by atoms with Gasteiger partial charge in [-0.15, -0.1) is 11.3 Å². The normalized spacial score (nSPS) is 12.0. The Hall–Kier alpha value is -3.85. The third kappa shape index (κ3) is 4.14. The van der Waals surface area contributed by atoms with Gasteiger partial charge in [-0.3, -0.25) is 24.3 Å². The van der Waals surface area contributed by atoms with Gasteiger partial charge in [-0.2, -0.15) is 0 Å². The molecule has 1 unspecified atom stereocenters. The van der Waals surface area contributed by atoms with Crippen LogP contribution in [0.1, 0.15) is 29.7 Å². The Kier molecular flexibility index (Phi) is 5.82. The smallest absolute Gasteiger partial charge is 0.269 e. The van der Waals surface area contributed by atoms with E-state index in [0.717, 1.165) is 22.4 Å². The molecule has 0 aliphatic carbocycles. The van der Waals surface area contributed by atoms with E-state index in [0.29, 0.717) is 21.3 Å². The second-order valence-electron chi connectivity index (χ2n) is 8.03. The molecule has 0 spiro atoms. The van der Waals surface area contributed by atoms with Gasteiger partial charge in [-0.25, -0.2) is 4.98 Å². The number of hydrogen-bond acceptors (Lipinski definition) is 6. The van der Waals surface area contributed by atoms with Crippen molar-refractivity contribution in [3.8, 4) is 11.1 Å². The van der Waals surface area contributed by atoms with Crippen molar-refractivity contribution in [2.45, 2.75) is 33.7 Å². The minimum absolute atomic E-state index is 0.0270. The summed E-state index contributed by atoms with van der Waals surface area (Å²) in [4.78, 5) is 41.8. The molecule has 9 heteroatoms. The lowest BCUT2D eigenvalue weighted by Crippen LogP contribution is -2.32. The van der Waals surface area contributed by atoms with Crippen LogP contribution in [-0.4, -0.2) is 20.4 Å². The first-order chi connectivity index (χ1) is 15.7. The molecule has 2 aromatic carbocycles. The molecule has 0 radical (unpaired) electrons. The zero-order valence-corrected chi connectivity index (χ0v) is 19.4. The summed E-state index contributed by atoms with van der Waals surface area (Å²) in [6, 6.07) is 9.21. The van der Waals surface area contributed by atoms with Gasteiger partial charge in [0, 0.05) is 28.8 Å². The van der Waals surface area contributed by atoms with Crippen LogP contribution in [0.5, 0.6) is 0 Å². The largest absolute Gasteiger partial charge is 0.324 e. The van der Waals surface area contributed by atoms with Gasteiger partial charge in [-0.1, -0.05) is 17.7 Å². The van der Waals surface area contributed by atoms with Crippen molar-refractivity contribution in [3.63, 3.8) is 0 Å². The minimum Gasteiger partial charge on any atom is -0.324 e. The number of fused-ring (bicyclic) bond motifs is 1. The molecule has 1 atom stereocenters. The molecule has 8 nitrogen and oxygen atoms in total. The highest BCUT2D eigenvalue weighted by atomic mass is 32.1. The van der Waals surface area contributed by atoms with E-state index in [2.05, 4.69) is 10.3 Å². The highest BCUT2D eigenvalue weighted by Crippen LogP contribution is 2.32. The van der Waals surface area contributed by atoms with Gasteiger partial charge < -0.3 is 5.32 Å². The molecule has 1 amide bonds. The molecule has 33 heavy (non-hydrogen) atoms. The SMILES string of the molecule is Cc1cc(C)c(NC(=O)C(C)n2cnc3scc(-c4ccc([N+](=O)[O-])cc4)c3c2=O)c(C)c1. The summed E-state index contributed by atoms with van der Waals surface area (Å²) in [6.07, 6.45) is 1.39. The highest BCUT2D eigenvalue weighted by Gasteiger charge is 2.21.